The third-order valence-electron chi connectivity index (χ3n) is 6.91. The van der Waals surface area contributed by atoms with Gasteiger partial charge in [-0.3, -0.25) is 14.6 Å². The number of nitriles is 1. The van der Waals surface area contributed by atoms with Gasteiger partial charge in [0.1, 0.15) is 11.5 Å². The molecule has 9 nitrogen and oxygen atoms in total. The first-order chi connectivity index (χ1) is 18.7. The number of carbonyl (C=O) groups is 1. The summed E-state index contributed by atoms with van der Waals surface area (Å²) in [7, 11) is 0. The molecule has 0 aliphatic carbocycles. The molecule has 5 rings (SSSR count). The number of morpholine rings is 1. The maximum atomic E-state index is 12.8. The molecule has 2 aliphatic rings. The second-order valence-corrected chi connectivity index (χ2v) is 10.6. The van der Waals surface area contributed by atoms with Gasteiger partial charge in [0.05, 0.1) is 25.8 Å². The highest BCUT2D eigenvalue weighted by atomic mass is 32.1. The largest absolute Gasteiger partial charge is 0.379 e. The van der Waals surface area contributed by atoms with Crippen LogP contribution in [0.2, 0.25) is 0 Å². The van der Waals surface area contributed by atoms with Crippen LogP contribution in [-0.2, 0) is 17.8 Å². The summed E-state index contributed by atoms with van der Waals surface area (Å²) in [5, 5.41) is 17.7. The third kappa shape index (κ3) is 7.14. The quantitative estimate of drug-likeness (QED) is 0.402. The molecule has 198 valence electrons. The Bertz CT molecular complexity index is 1270. The van der Waals surface area contributed by atoms with Gasteiger partial charge in [0.2, 0.25) is 0 Å². The lowest BCUT2D eigenvalue weighted by Gasteiger charge is -2.30. The molecule has 2 aromatic heterocycles. The summed E-state index contributed by atoms with van der Waals surface area (Å²) in [4.78, 5) is 26.6. The number of amides is 1. The molecule has 1 atom stereocenters. The van der Waals surface area contributed by atoms with Crippen LogP contribution in [0, 0.1) is 11.3 Å². The summed E-state index contributed by atoms with van der Waals surface area (Å²) in [6, 6.07) is 16.5. The highest BCUT2D eigenvalue weighted by molar-refractivity contribution is 7.14. The molecule has 3 aromatic rings. The molecule has 0 spiro atoms. The van der Waals surface area contributed by atoms with Crippen LogP contribution in [0.15, 0.2) is 47.8 Å². The molecule has 2 fully saturated rings. The molecule has 0 bridgehead atoms. The van der Waals surface area contributed by atoms with E-state index in [0.717, 1.165) is 70.0 Å². The highest BCUT2D eigenvalue weighted by Gasteiger charge is 2.22. The Morgan fingerprint density at radius 2 is 1.95 bits per heavy atom. The summed E-state index contributed by atoms with van der Waals surface area (Å²) in [6.45, 7) is 7.07. The number of piperidine rings is 1. The van der Waals surface area contributed by atoms with Crippen LogP contribution in [-0.4, -0.2) is 71.6 Å². The molecular formula is C28H33N7O2S. The summed E-state index contributed by atoms with van der Waals surface area (Å²) < 4.78 is 5.43. The van der Waals surface area contributed by atoms with Crippen LogP contribution in [0.5, 0.6) is 0 Å². The van der Waals surface area contributed by atoms with E-state index in [1.54, 1.807) is 5.38 Å². The van der Waals surface area contributed by atoms with Gasteiger partial charge in [-0.15, -0.1) is 11.3 Å². The zero-order valence-electron chi connectivity index (χ0n) is 21.4. The fraction of sp³-hybridized carbons (Fsp3) is 0.429. The number of carbonyl (C=O) groups excluding carboxylic acids is 1. The molecule has 0 unspecified atom stereocenters. The van der Waals surface area contributed by atoms with Gasteiger partial charge in [0.25, 0.3) is 5.91 Å². The van der Waals surface area contributed by atoms with Crippen molar-refractivity contribution in [1.82, 2.24) is 25.1 Å². The molecule has 1 amide bonds. The Labute approximate surface area is 227 Å². The summed E-state index contributed by atoms with van der Waals surface area (Å²) >= 11 is 1.38. The number of rotatable bonds is 9. The molecule has 10 heteroatoms. The minimum atomic E-state index is -0.200. The van der Waals surface area contributed by atoms with Crippen molar-refractivity contribution in [3.8, 4) is 6.07 Å². The van der Waals surface area contributed by atoms with Gasteiger partial charge >= 0.3 is 0 Å². The lowest BCUT2D eigenvalue weighted by molar-refractivity contribution is 0.0342. The van der Waals surface area contributed by atoms with Gasteiger partial charge in [-0.05, 0) is 42.6 Å². The first-order valence-corrected chi connectivity index (χ1v) is 14.0. The number of hydrogen-bond acceptors (Lipinski definition) is 9. The van der Waals surface area contributed by atoms with E-state index >= 15 is 0 Å². The van der Waals surface area contributed by atoms with Crippen molar-refractivity contribution in [3.05, 3.63) is 70.4 Å². The van der Waals surface area contributed by atoms with Gasteiger partial charge in [0, 0.05) is 49.7 Å². The van der Waals surface area contributed by atoms with Crippen molar-refractivity contribution < 1.29 is 9.53 Å². The van der Waals surface area contributed by atoms with Crippen molar-refractivity contribution in [3.63, 3.8) is 0 Å². The van der Waals surface area contributed by atoms with E-state index in [-0.39, 0.29) is 5.91 Å². The molecule has 2 aliphatic heterocycles. The number of likely N-dealkylation sites (tertiary alicyclic amines) is 1. The van der Waals surface area contributed by atoms with Crippen molar-refractivity contribution in [2.24, 2.45) is 0 Å². The van der Waals surface area contributed by atoms with Crippen molar-refractivity contribution in [2.75, 3.05) is 51.3 Å². The van der Waals surface area contributed by atoms with Gasteiger partial charge in [0.15, 0.2) is 5.13 Å². The minimum Gasteiger partial charge on any atom is -0.379 e. The fourth-order valence-corrected chi connectivity index (χ4v) is 5.66. The average molecular weight is 532 g/mol. The third-order valence-corrected chi connectivity index (χ3v) is 7.67. The molecule has 38 heavy (non-hydrogen) atoms. The Kier molecular flexibility index (Phi) is 8.94. The lowest BCUT2D eigenvalue weighted by Crippen LogP contribution is -2.35. The molecule has 0 saturated carbocycles. The maximum absolute atomic E-state index is 12.8. The summed E-state index contributed by atoms with van der Waals surface area (Å²) in [5.74, 6) is 0.816. The van der Waals surface area contributed by atoms with E-state index in [4.69, 9.17) is 15.0 Å². The number of anilines is 2. The van der Waals surface area contributed by atoms with E-state index in [0.29, 0.717) is 35.7 Å². The second kappa shape index (κ2) is 12.9. The number of hydrogen-bond donors (Lipinski definition) is 2. The Hall–Kier alpha value is -3.36. The van der Waals surface area contributed by atoms with Crippen molar-refractivity contribution in [1.29, 1.82) is 5.26 Å². The van der Waals surface area contributed by atoms with Gasteiger partial charge in [-0.25, -0.2) is 9.97 Å². The zero-order valence-corrected chi connectivity index (χ0v) is 22.3. The van der Waals surface area contributed by atoms with E-state index < -0.39 is 0 Å². The first-order valence-electron chi connectivity index (χ1n) is 13.1. The van der Waals surface area contributed by atoms with Crippen LogP contribution in [0.1, 0.15) is 46.1 Å². The predicted molar refractivity (Wildman–Crippen MR) is 147 cm³/mol. The van der Waals surface area contributed by atoms with Crippen LogP contribution >= 0.6 is 11.3 Å². The van der Waals surface area contributed by atoms with E-state index in [1.807, 2.05) is 30.3 Å². The smallest absolute Gasteiger partial charge is 0.271 e. The van der Waals surface area contributed by atoms with Gasteiger partial charge in [-0.1, -0.05) is 30.3 Å². The molecule has 0 radical (unpaired) electrons. The molecule has 2 saturated heterocycles. The van der Waals surface area contributed by atoms with Crippen LogP contribution in [0.3, 0.4) is 0 Å². The lowest BCUT2D eigenvalue weighted by atomic mass is 9.94. The van der Waals surface area contributed by atoms with Crippen molar-refractivity contribution in [2.45, 2.75) is 31.8 Å². The number of ether oxygens (including phenoxy) is 1. The standard InChI is InChI=1S/C28H33N7O2S/c29-9-11-34-10-3-6-23(19-34)24-7-2-8-26(31-24)33-28-32-25(20-38-28)27(36)30-17-21-4-1-5-22(16-21)18-35-12-14-37-15-13-35/h1-2,4-5,7-8,16,20,23H,3,6,10-15,17-19H2,(H,30,36)(H,31,32,33)/t23-/m1/s1. The molecular weight excluding hydrogens is 498 g/mol. The number of nitrogens with zero attached hydrogens (tertiary/aromatic N) is 5. The predicted octanol–water partition coefficient (Wildman–Crippen LogP) is 3.75. The summed E-state index contributed by atoms with van der Waals surface area (Å²) in [5.41, 5.74) is 3.70. The molecule has 1 aromatic carbocycles. The zero-order chi connectivity index (χ0) is 26.2. The van der Waals surface area contributed by atoms with E-state index in [9.17, 15) is 4.79 Å². The van der Waals surface area contributed by atoms with Crippen LogP contribution in [0.25, 0.3) is 0 Å². The Morgan fingerprint density at radius 3 is 2.82 bits per heavy atom. The summed E-state index contributed by atoms with van der Waals surface area (Å²) in [6.07, 6.45) is 2.13. The molecule has 2 N–H and O–H groups in total. The Morgan fingerprint density at radius 1 is 1.11 bits per heavy atom. The normalized spacial score (nSPS) is 18.6. The average Bonchev–Trinajstić information content (AvgIpc) is 3.42. The fourth-order valence-electron chi connectivity index (χ4n) is 4.96. The number of thiazole rings is 1. The second-order valence-electron chi connectivity index (χ2n) is 9.73. The monoisotopic (exact) mass is 531 g/mol. The van der Waals surface area contributed by atoms with Crippen LogP contribution in [0.4, 0.5) is 10.9 Å². The van der Waals surface area contributed by atoms with E-state index in [1.165, 1.54) is 16.9 Å². The molecule has 4 heterocycles. The topological polar surface area (TPSA) is 106 Å². The highest BCUT2D eigenvalue weighted by Crippen LogP contribution is 2.27. The number of nitrogens with one attached hydrogen (secondary N) is 2. The number of aromatic nitrogens is 2. The van der Waals surface area contributed by atoms with Crippen molar-refractivity contribution >= 4 is 28.2 Å². The number of pyridine rings is 1. The van der Waals surface area contributed by atoms with E-state index in [2.05, 4.69) is 43.6 Å². The Balaban J connectivity index is 1.14. The van der Waals surface area contributed by atoms with Gasteiger partial charge < -0.3 is 15.4 Å². The number of benzene rings is 1. The SMILES string of the molecule is N#CCN1CCC[C@@H](c2cccc(Nc3nc(C(=O)NCc4cccc(CN5CCOCC5)c4)cs3)n2)C1. The maximum Gasteiger partial charge on any atom is 0.271 e. The minimum absolute atomic E-state index is 0.200. The first kappa shape index (κ1) is 26.3. The van der Waals surface area contributed by atoms with Gasteiger partial charge in [-0.2, -0.15) is 5.26 Å². The van der Waals surface area contributed by atoms with Crippen LogP contribution < -0.4 is 10.6 Å².